The number of halogens is 1. The molecule has 0 aliphatic rings. The SMILES string of the molecule is CC(C)(C)c1ccc(-c2nnc(SCC(=O)Nc3cc(Cl)ccc3C#N)n2N)cc1. The Morgan fingerprint density at radius 3 is 2.57 bits per heavy atom. The topological polar surface area (TPSA) is 110 Å². The molecule has 0 aliphatic carbocycles. The van der Waals surface area contributed by atoms with Crippen LogP contribution < -0.4 is 11.2 Å². The number of nitriles is 1. The summed E-state index contributed by atoms with van der Waals surface area (Å²) < 4.78 is 1.37. The monoisotopic (exact) mass is 440 g/mol. The first-order chi connectivity index (χ1) is 14.2. The zero-order valence-corrected chi connectivity index (χ0v) is 18.4. The first kappa shape index (κ1) is 21.7. The normalized spacial score (nSPS) is 11.2. The molecule has 1 heterocycles. The van der Waals surface area contributed by atoms with Gasteiger partial charge in [-0.15, -0.1) is 10.2 Å². The van der Waals surface area contributed by atoms with Crippen molar-refractivity contribution in [3.63, 3.8) is 0 Å². The third-order valence-electron chi connectivity index (χ3n) is 4.38. The molecule has 7 nitrogen and oxygen atoms in total. The van der Waals surface area contributed by atoms with Crippen LogP contribution in [0.4, 0.5) is 5.69 Å². The molecule has 0 fully saturated rings. The van der Waals surface area contributed by atoms with Crippen LogP contribution in [0.1, 0.15) is 31.9 Å². The lowest BCUT2D eigenvalue weighted by Crippen LogP contribution is -2.17. The fourth-order valence-corrected chi connectivity index (χ4v) is 3.55. The Hall–Kier alpha value is -3.02. The maximum atomic E-state index is 12.3. The summed E-state index contributed by atoms with van der Waals surface area (Å²) in [6.45, 7) is 6.45. The molecule has 154 valence electrons. The minimum absolute atomic E-state index is 0.0513. The van der Waals surface area contributed by atoms with Gasteiger partial charge in [0.25, 0.3) is 0 Å². The van der Waals surface area contributed by atoms with Gasteiger partial charge >= 0.3 is 0 Å². The Labute approximate surface area is 184 Å². The third-order valence-corrected chi connectivity index (χ3v) is 5.56. The summed E-state index contributed by atoms with van der Waals surface area (Å²) in [6, 6.07) is 14.7. The van der Waals surface area contributed by atoms with E-state index in [1.165, 1.54) is 16.3 Å². The molecule has 9 heteroatoms. The highest BCUT2D eigenvalue weighted by molar-refractivity contribution is 7.99. The van der Waals surface area contributed by atoms with E-state index in [0.29, 0.717) is 27.3 Å². The molecule has 3 rings (SSSR count). The number of carbonyl (C=O) groups is 1. The van der Waals surface area contributed by atoms with Gasteiger partial charge in [0.15, 0.2) is 5.82 Å². The van der Waals surface area contributed by atoms with Crippen LogP contribution in [0, 0.1) is 11.3 Å². The maximum absolute atomic E-state index is 12.3. The van der Waals surface area contributed by atoms with E-state index >= 15 is 0 Å². The number of aromatic nitrogens is 3. The van der Waals surface area contributed by atoms with Gasteiger partial charge in [-0.05, 0) is 29.2 Å². The molecule has 30 heavy (non-hydrogen) atoms. The number of hydrogen-bond acceptors (Lipinski definition) is 6. The first-order valence-electron chi connectivity index (χ1n) is 9.13. The van der Waals surface area contributed by atoms with Crippen molar-refractivity contribution in [2.75, 3.05) is 16.9 Å². The number of benzene rings is 2. The second kappa shape index (κ2) is 8.78. The quantitative estimate of drug-likeness (QED) is 0.454. The molecular formula is C21H21ClN6OS. The van der Waals surface area contributed by atoms with Gasteiger partial charge in [-0.2, -0.15) is 5.26 Å². The molecule has 3 N–H and O–H groups in total. The molecule has 0 bridgehead atoms. The summed E-state index contributed by atoms with van der Waals surface area (Å²) in [5.74, 6) is 6.40. The molecule has 1 amide bonds. The molecule has 0 atom stereocenters. The molecule has 0 unspecified atom stereocenters. The number of amides is 1. The lowest BCUT2D eigenvalue weighted by Gasteiger charge is -2.19. The van der Waals surface area contributed by atoms with E-state index in [1.807, 2.05) is 30.3 Å². The highest BCUT2D eigenvalue weighted by Gasteiger charge is 2.17. The molecular weight excluding hydrogens is 420 g/mol. The van der Waals surface area contributed by atoms with Crippen molar-refractivity contribution in [1.82, 2.24) is 14.9 Å². The molecule has 0 saturated carbocycles. The number of carbonyl (C=O) groups excluding carboxylic acids is 1. The van der Waals surface area contributed by atoms with Crippen molar-refractivity contribution >= 4 is 35.0 Å². The van der Waals surface area contributed by atoms with E-state index in [4.69, 9.17) is 22.7 Å². The minimum atomic E-state index is -0.308. The Morgan fingerprint density at radius 2 is 1.93 bits per heavy atom. The highest BCUT2D eigenvalue weighted by atomic mass is 35.5. The number of nitrogens with two attached hydrogens (primary N) is 1. The standard InChI is InChI=1S/C21H21ClN6OS/c1-21(2,3)15-7-4-13(5-8-15)19-26-27-20(28(19)24)30-12-18(29)25-17-10-16(22)9-6-14(17)11-23/h4-10H,12,24H2,1-3H3,(H,25,29). The fourth-order valence-electron chi connectivity index (χ4n) is 2.73. The number of nitrogens with one attached hydrogen (secondary N) is 1. The number of anilines is 1. The summed E-state index contributed by atoms with van der Waals surface area (Å²) in [5.41, 5.74) is 2.80. The van der Waals surface area contributed by atoms with E-state index < -0.39 is 0 Å². The van der Waals surface area contributed by atoms with E-state index in [1.54, 1.807) is 12.1 Å². The van der Waals surface area contributed by atoms with Gasteiger partial charge in [-0.3, -0.25) is 4.79 Å². The van der Waals surface area contributed by atoms with Crippen LogP contribution >= 0.6 is 23.4 Å². The third kappa shape index (κ3) is 4.93. The van der Waals surface area contributed by atoms with Gasteiger partial charge in [0.1, 0.15) is 6.07 Å². The van der Waals surface area contributed by atoms with Gasteiger partial charge in [-0.1, -0.05) is 68.4 Å². The largest absolute Gasteiger partial charge is 0.335 e. The van der Waals surface area contributed by atoms with E-state index in [2.05, 4.69) is 36.3 Å². The summed E-state index contributed by atoms with van der Waals surface area (Å²) >= 11 is 7.09. The van der Waals surface area contributed by atoms with Crippen LogP contribution in [0.15, 0.2) is 47.6 Å². The predicted octanol–water partition coefficient (Wildman–Crippen LogP) is 4.21. The zero-order valence-electron chi connectivity index (χ0n) is 16.8. The maximum Gasteiger partial charge on any atom is 0.234 e. The summed E-state index contributed by atoms with van der Waals surface area (Å²) in [7, 11) is 0. The lowest BCUT2D eigenvalue weighted by atomic mass is 9.87. The number of thioether (sulfide) groups is 1. The van der Waals surface area contributed by atoms with Crippen LogP contribution in [-0.2, 0) is 10.2 Å². The van der Waals surface area contributed by atoms with Gasteiger partial charge in [0, 0.05) is 10.6 Å². The molecule has 0 saturated heterocycles. The molecule has 3 aromatic rings. The van der Waals surface area contributed by atoms with Crippen molar-refractivity contribution in [1.29, 1.82) is 5.26 Å². The molecule has 1 aromatic heterocycles. The summed E-state index contributed by atoms with van der Waals surface area (Å²) in [4.78, 5) is 12.3. The van der Waals surface area contributed by atoms with Gasteiger partial charge < -0.3 is 11.2 Å². The average molecular weight is 441 g/mol. The van der Waals surface area contributed by atoms with Crippen LogP contribution in [0.5, 0.6) is 0 Å². The second-order valence-corrected chi connectivity index (χ2v) is 9.02. The molecule has 0 radical (unpaired) electrons. The molecule has 0 spiro atoms. The number of nitrogens with zero attached hydrogens (tertiary/aromatic N) is 4. The first-order valence-corrected chi connectivity index (χ1v) is 10.5. The van der Waals surface area contributed by atoms with E-state index in [0.717, 1.165) is 17.3 Å². The van der Waals surface area contributed by atoms with E-state index in [-0.39, 0.29) is 17.1 Å². The summed E-state index contributed by atoms with van der Waals surface area (Å²) in [6.07, 6.45) is 0. The number of nitrogen functional groups attached to an aromatic ring is 1. The van der Waals surface area contributed by atoms with E-state index in [9.17, 15) is 4.79 Å². The van der Waals surface area contributed by atoms with Crippen molar-refractivity contribution < 1.29 is 4.79 Å². The predicted molar refractivity (Wildman–Crippen MR) is 120 cm³/mol. The Bertz CT molecular complexity index is 1110. The van der Waals surface area contributed by atoms with Crippen molar-refractivity contribution in [3.05, 3.63) is 58.6 Å². The number of hydrogen-bond donors (Lipinski definition) is 2. The Morgan fingerprint density at radius 1 is 1.23 bits per heavy atom. The number of rotatable bonds is 5. The van der Waals surface area contributed by atoms with Gasteiger partial charge in [0.2, 0.25) is 11.1 Å². The van der Waals surface area contributed by atoms with Crippen molar-refractivity contribution in [2.45, 2.75) is 31.3 Å². The minimum Gasteiger partial charge on any atom is -0.335 e. The highest BCUT2D eigenvalue weighted by Crippen LogP contribution is 2.27. The van der Waals surface area contributed by atoms with Crippen LogP contribution in [0.2, 0.25) is 5.02 Å². The average Bonchev–Trinajstić information content (AvgIpc) is 3.06. The molecule has 2 aromatic carbocycles. The zero-order chi connectivity index (χ0) is 21.9. The summed E-state index contributed by atoms with van der Waals surface area (Å²) in [5, 5.41) is 20.9. The van der Waals surface area contributed by atoms with Gasteiger partial charge in [0.05, 0.1) is 17.0 Å². The molecule has 0 aliphatic heterocycles. The van der Waals surface area contributed by atoms with Crippen LogP contribution in [-0.4, -0.2) is 26.5 Å². The second-order valence-electron chi connectivity index (χ2n) is 7.64. The Balaban J connectivity index is 1.68. The fraction of sp³-hybridized carbons (Fsp3) is 0.238. The van der Waals surface area contributed by atoms with Gasteiger partial charge in [-0.25, -0.2) is 4.68 Å². The van der Waals surface area contributed by atoms with Crippen molar-refractivity contribution in [3.8, 4) is 17.5 Å². The smallest absolute Gasteiger partial charge is 0.234 e. The Kier molecular flexibility index (Phi) is 6.34. The van der Waals surface area contributed by atoms with Crippen LogP contribution in [0.3, 0.4) is 0 Å². The van der Waals surface area contributed by atoms with Crippen molar-refractivity contribution in [2.24, 2.45) is 0 Å². The lowest BCUT2D eigenvalue weighted by molar-refractivity contribution is -0.113. The van der Waals surface area contributed by atoms with Crippen LogP contribution in [0.25, 0.3) is 11.4 Å².